The second-order valence-electron chi connectivity index (χ2n) is 5.26. The predicted octanol–water partition coefficient (Wildman–Crippen LogP) is 3.22. The van der Waals surface area contributed by atoms with Crippen LogP contribution in [0.15, 0.2) is 28.7 Å². The molecular formula is C15H23BrN2O2. The van der Waals surface area contributed by atoms with E-state index in [2.05, 4.69) is 26.6 Å². The Labute approximate surface area is 129 Å². The maximum atomic E-state index is 12.0. The number of hydrogen-bond donors (Lipinski definition) is 3. The maximum Gasteiger partial charge on any atom is 0.315 e. The molecule has 112 valence electrons. The van der Waals surface area contributed by atoms with Crippen molar-refractivity contribution in [2.45, 2.75) is 39.3 Å². The van der Waals surface area contributed by atoms with Crippen LogP contribution in [-0.4, -0.2) is 23.8 Å². The molecule has 0 radical (unpaired) electrons. The minimum Gasteiger partial charge on any atom is -0.396 e. The molecule has 0 saturated heterocycles. The van der Waals surface area contributed by atoms with E-state index in [0.717, 1.165) is 10.0 Å². The molecule has 0 aliphatic heterocycles. The second kappa shape index (κ2) is 8.27. The molecule has 0 aliphatic rings. The number of amides is 2. The molecule has 5 heteroatoms. The molecule has 0 saturated carbocycles. The van der Waals surface area contributed by atoms with Crippen molar-refractivity contribution in [3.8, 4) is 0 Å². The Morgan fingerprint density at radius 3 is 2.55 bits per heavy atom. The van der Waals surface area contributed by atoms with Gasteiger partial charge in [0.25, 0.3) is 0 Å². The highest BCUT2D eigenvalue weighted by Crippen LogP contribution is 2.17. The summed E-state index contributed by atoms with van der Waals surface area (Å²) in [6.45, 7) is 6.07. The molecule has 0 bridgehead atoms. The molecular weight excluding hydrogens is 320 g/mol. The molecule has 0 aliphatic carbocycles. The minimum atomic E-state index is -0.204. The molecule has 2 amide bonds. The van der Waals surface area contributed by atoms with E-state index in [1.165, 1.54) is 0 Å². The highest BCUT2D eigenvalue weighted by molar-refractivity contribution is 9.10. The van der Waals surface area contributed by atoms with Crippen molar-refractivity contribution in [3.63, 3.8) is 0 Å². The smallest absolute Gasteiger partial charge is 0.315 e. The lowest BCUT2D eigenvalue weighted by Gasteiger charge is -2.23. The number of urea groups is 1. The summed E-state index contributed by atoms with van der Waals surface area (Å²) < 4.78 is 0.990. The van der Waals surface area contributed by atoms with E-state index in [1.807, 2.05) is 45.0 Å². The van der Waals surface area contributed by atoms with Gasteiger partial charge in [-0.1, -0.05) is 41.9 Å². The zero-order chi connectivity index (χ0) is 15.1. The Kier molecular flexibility index (Phi) is 7.02. The lowest BCUT2D eigenvalue weighted by Crippen LogP contribution is -2.45. The molecule has 4 nitrogen and oxygen atoms in total. The summed E-state index contributed by atoms with van der Waals surface area (Å²) in [4.78, 5) is 12.0. The third kappa shape index (κ3) is 5.51. The lowest BCUT2D eigenvalue weighted by molar-refractivity contribution is 0.216. The molecule has 20 heavy (non-hydrogen) atoms. The van der Waals surface area contributed by atoms with Crippen LogP contribution in [0.1, 0.15) is 38.8 Å². The van der Waals surface area contributed by atoms with Crippen LogP contribution in [0.3, 0.4) is 0 Å². The Hall–Kier alpha value is -1.07. The van der Waals surface area contributed by atoms with Gasteiger partial charge in [-0.3, -0.25) is 0 Å². The van der Waals surface area contributed by atoms with E-state index >= 15 is 0 Å². The third-order valence-corrected chi connectivity index (χ3v) is 3.75. The number of rotatable bonds is 6. The summed E-state index contributed by atoms with van der Waals surface area (Å²) in [5, 5.41) is 14.8. The van der Waals surface area contributed by atoms with Gasteiger partial charge in [0.05, 0.1) is 6.04 Å². The van der Waals surface area contributed by atoms with Gasteiger partial charge in [-0.2, -0.15) is 0 Å². The Morgan fingerprint density at radius 2 is 2.00 bits per heavy atom. The number of aliphatic hydroxyl groups is 1. The zero-order valence-electron chi connectivity index (χ0n) is 12.2. The van der Waals surface area contributed by atoms with Crippen molar-refractivity contribution in [3.05, 3.63) is 34.3 Å². The van der Waals surface area contributed by atoms with E-state index in [0.29, 0.717) is 6.42 Å². The van der Waals surface area contributed by atoms with Crippen molar-refractivity contribution < 1.29 is 9.90 Å². The van der Waals surface area contributed by atoms with Gasteiger partial charge in [-0.25, -0.2) is 4.79 Å². The average Bonchev–Trinajstić information content (AvgIpc) is 2.38. The number of nitrogens with one attached hydrogen (secondary N) is 2. The van der Waals surface area contributed by atoms with Gasteiger partial charge in [0.1, 0.15) is 0 Å². The van der Waals surface area contributed by atoms with Gasteiger partial charge in [0.2, 0.25) is 0 Å². The monoisotopic (exact) mass is 342 g/mol. The Balaban J connectivity index is 2.57. The van der Waals surface area contributed by atoms with E-state index in [9.17, 15) is 4.79 Å². The summed E-state index contributed by atoms with van der Waals surface area (Å²) in [6, 6.07) is 7.56. The van der Waals surface area contributed by atoms with Gasteiger partial charge in [-0.15, -0.1) is 0 Å². The number of halogens is 1. The van der Waals surface area contributed by atoms with Crippen LogP contribution in [0.25, 0.3) is 0 Å². The lowest BCUT2D eigenvalue weighted by atomic mass is 10.0. The van der Waals surface area contributed by atoms with Crippen LogP contribution in [0.5, 0.6) is 0 Å². The van der Waals surface area contributed by atoms with E-state index < -0.39 is 0 Å². The number of benzene rings is 1. The van der Waals surface area contributed by atoms with Crippen LogP contribution in [0.2, 0.25) is 0 Å². The van der Waals surface area contributed by atoms with Crippen LogP contribution in [0, 0.1) is 5.92 Å². The van der Waals surface area contributed by atoms with Gasteiger partial charge in [0.15, 0.2) is 0 Å². The van der Waals surface area contributed by atoms with E-state index in [4.69, 9.17) is 5.11 Å². The molecule has 3 N–H and O–H groups in total. The standard InChI is InChI=1S/C15H23BrN2O2/c1-10(2)14(7-8-19)18-15(20)17-11(3)12-5-4-6-13(16)9-12/h4-6,9-11,14,19H,7-8H2,1-3H3,(H2,17,18,20). The quantitative estimate of drug-likeness (QED) is 0.743. The topological polar surface area (TPSA) is 61.4 Å². The number of carbonyl (C=O) groups excluding carboxylic acids is 1. The Morgan fingerprint density at radius 1 is 1.30 bits per heavy atom. The normalized spacial score (nSPS) is 13.9. The molecule has 0 spiro atoms. The van der Waals surface area contributed by atoms with Crippen LogP contribution in [-0.2, 0) is 0 Å². The third-order valence-electron chi connectivity index (χ3n) is 3.26. The molecule has 0 fully saturated rings. The summed E-state index contributed by atoms with van der Waals surface area (Å²) in [5.74, 6) is 0.286. The maximum absolute atomic E-state index is 12.0. The number of carbonyl (C=O) groups is 1. The molecule has 0 heterocycles. The fraction of sp³-hybridized carbons (Fsp3) is 0.533. The van der Waals surface area contributed by atoms with Crippen molar-refractivity contribution >= 4 is 22.0 Å². The largest absolute Gasteiger partial charge is 0.396 e. The molecule has 1 aromatic rings. The summed E-state index contributed by atoms with van der Waals surface area (Å²) >= 11 is 3.42. The first kappa shape index (κ1) is 17.0. The van der Waals surface area contributed by atoms with Crippen LogP contribution in [0.4, 0.5) is 4.79 Å². The SMILES string of the molecule is CC(NC(=O)NC(CCO)C(C)C)c1cccc(Br)c1. The Bertz CT molecular complexity index is 438. The molecule has 2 unspecified atom stereocenters. The van der Waals surface area contributed by atoms with Gasteiger partial charge in [0, 0.05) is 17.1 Å². The summed E-state index contributed by atoms with van der Waals surface area (Å²) in [6.07, 6.45) is 0.566. The van der Waals surface area contributed by atoms with Crippen molar-refractivity contribution in [2.24, 2.45) is 5.92 Å². The molecule has 0 aromatic heterocycles. The van der Waals surface area contributed by atoms with E-state index in [1.54, 1.807) is 0 Å². The first-order valence-corrected chi connectivity index (χ1v) is 7.66. The molecule has 1 aromatic carbocycles. The average molecular weight is 343 g/mol. The fourth-order valence-corrected chi connectivity index (χ4v) is 2.39. The summed E-state index contributed by atoms with van der Waals surface area (Å²) in [7, 11) is 0. The van der Waals surface area contributed by atoms with Crippen molar-refractivity contribution in [1.82, 2.24) is 10.6 Å². The second-order valence-corrected chi connectivity index (χ2v) is 6.17. The highest BCUT2D eigenvalue weighted by Gasteiger charge is 2.17. The first-order valence-electron chi connectivity index (χ1n) is 6.87. The van der Waals surface area contributed by atoms with Crippen LogP contribution < -0.4 is 10.6 Å². The predicted molar refractivity (Wildman–Crippen MR) is 84.6 cm³/mol. The van der Waals surface area contributed by atoms with Crippen molar-refractivity contribution in [1.29, 1.82) is 0 Å². The van der Waals surface area contributed by atoms with Gasteiger partial charge in [-0.05, 0) is 37.0 Å². The van der Waals surface area contributed by atoms with Crippen molar-refractivity contribution in [2.75, 3.05) is 6.61 Å². The number of aliphatic hydroxyl groups excluding tert-OH is 1. The van der Waals surface area contributed by atoms with Gasteiger partial charge >= 0.3 is 6.03 Å². The molecule has 2 atom stereocenters. The fourth-order valence-electron chi connectivity index (χ4n) is 1.98. The highest BCUT2D eigenvalue weighted by atomic mass is 79.9. The first-order chi connectivity index (χ1) is 9.43. The molecule has 1 rings (SSSR count). The van der Waals surface area contributed by atoms with Gasteiger partial charge < -0.3 is 15.7 Å². The minimum absolute atomic E-state index is 0.0188. The summed E-state index contributed by atoms with van der Waals surface area (Å²) in [5.41, 5.74) is 1.04. The number of hydrogen-bond acceptors (Lipinski definition) is 2. The van der Waals surface area contributed by atoms with Crippen LogP contribution >= 0.6 is 15.9 Å². The zero-order valence-corrected chi connectivity index (χ0v) is 13.8. The van der Waals surface area contributed by atoms with E-state index in [-0.39, 0.29) is 30.6 Å².